The largest absolute Gasteiger partial charge is 0.353 e. The zero-order chi connectivity index (χ0) is 15.5. The lowest BCUT2D eigenvalue weighted by Crippen LogP contribution is -2.45. The predicted octanol–water partition coefficient (Wildman–Crippen LogP) is 3.87. The fourth-order valence-corrected chi connectivity index (χ4v) is 3.44. The van der Waals surface area contributed by atoms with E-state index in [1.807, 2.05) is 18.2 Å². The maximum atomic E-state index is 12.2. The molecular weight excluding hydrogens is 319 g/mol. The normalized spacial score (nSPS) is 20.6. The summed E-state index contributed by atoms with van der Waals surface area (Å²) in [5.74, 6) is 0.449. The lowest BCUT2D eigenvalue weighted by molar-refractivity contribution is -0.127. The molecule has 3 rings (SSSR count). The maximum Gasteiger partial charge on any atom is 0.223 e. The molecule has 1 aromatic rings. The van der Waals surface area contributed by atoms with Gasteiger partial charge >= 0.3 is 0 Å². The molecule has 0 radical (unpaired) electrons. The van der Waals surface area contributed by atoms with Gasteiger partial charge in [0.25, 0.3) is 0 Å². The molecule has 0 atom stereocenters. The van der Waals surface area contributed by atoms with Gasteiger partial charge < -0.3 is 5.32 Å². The first-order chi connectivity index (χ1) is 10.6. The Morgan fingerprint density at radius 3 is 2.45 bits per heavy atom. The molecule has 2 aliphatic rings. The van der Waals surface area contributed by atoms with Gasteiger partial charge in [0.15, 0.2) is 0 Å². The van der Waals surface area contributed by atoms with Crippen molar-refractivity contribution in [2.75, 3.05) is 13.1 Å². The Labute approximate surface area is 142 Å². The van der Waals surface area contributed by atoms with Crippen LogP contribution in [0.15, 0.2) is 18.2 Å². The van der Waals surface area contributed by atoms with Gasteiger partial charge in [0.2, 0.25) is 5.91 Å². The van der Waals surface area contributed by atoms with Gasteiger partial charge in [0, 0.05) is 18.5 Å². The monoisotopic (exact) mass is 340 g/mol. The molecule has 2 fully saturated rings. The van der Waals surface area contributed by atoms with E-state index < -0.39 is 0 Å². The number of benzene rings is 1. The quantitative estimate of drug-likeness (QED) is 0.902. The summed E-state index contributed by atoms with van der Waals surface area (Å²) in [6.45, 7) is 2.79. The second-order valence-corrected chi connectivity index (χ2v) is 7.25. The maximum absolute atomic E-state index is 12.2. The molecule has 1 amide bonds. The number of likely N-dealkylation sites (tertiary alicyclic amines) is 1. The van der Waals surface area contributed by atoms with Gasteiger partial charge in [0.1, 0.15) is 0 Å². The average molecular weight is 341 g/mol. The number of rotatable bonds is 4. The van der Waals surface area contributed by atoms with Gasteiger partial charge in [-0.2, -0.15) is 0 Å². The van der Waals surface area contributed by atoms with Crippen LogP contribution in [0.3, 0.4) is 0 Å². The average Bonchev–Trinajstić information content (AvgIpc) is 2.47. The SMILES string of the molecule is O=C(NC1CCC1)C1CCN(Cc2ccc(Cl)c(Cl)c2)CC1. The summed E-state index contributed by atoms with van der Waals surface area (Å²) in [5.41, 5.74) is 1.17. The van der Waals surface area contributed by atoms with Crippen LogP contribution >= 0.6 is 23.2 Å². The van der Waals surface area contributed by atoms with Gasteiger partial charge in [-0.05, 0) is 62.9 Å². The van der Waals surface area contributed by atoms with E-state index in [1.165, 1.54) is 12.0 Å². The number of nitrogens with one attached hydrogen (secondary N) is 1. The summed E-state index contributed by atoms with van der Waals surface area (Å²) in [5, 5.41) is 4.37. The number of halogens is 2. The molecule has 0 spiro atoms. The van der Waals surface area contributed by atoms with Crippen LogP contribution < -0.4 is 5.32 Å². The van der Waals surface area contributed by atoms with Crippen molar-refractivity contribution in [3.8, 4) is 0 Å². The summed E-state index contributed by atoms with van der Waals surface area (Å²) < 4.78 is 0. The minimum Gasteiger partial charge on any atom is -0.353 e. The second kappa shape index (κ2) is 7.20. The molecule has 120 valence electrons. The Morgan fingerprint density at radius 2 is 1.86 bits per heavy atom. The van der Waals surface area contributed by atoms with Crippen molar-refractivity contribution in [1.82, 2.24) is 10.2 Å². The molecule has 1 aliphatic carbocycles. The Hall–Kier alpha value is -0.770. The van der Waals surface area contributed by atoms with Crippen LogP contribution in [0, 0.1) is 5.92 Å². The summed E-state index contributed by atoms with van der Waals surface area (Å²) >= 11 is 12.0. The van der Waals surface area contributed by atoms with Crippen LogP contribution in [-0.4, -0.2) is 29.9 Å². The van der Waals surface area contributed by atoms with Crippen molar-refractivity contribution in [2.24, 2.45) is 5.92 Å². The first kappa shape index (κ1) is 16.1. The predicted molar refractivity (Wildman–Crippen MR) is 90.2 cm³/mol. The van der Waals surface area contributed by atoms with E-state index in [9.17, 15) is 4.79 Å². The molecule has 1 heterocycles. The molecule has 0 aromatic heterocycles. The van der Waals surface area contributed by atoms with Crippen LogP contribution in [0.5, 0.6) is 0 Å². The lowest BCUT2D eigenvalue weighted by atomic mass is 9.90. The molecular formula is C17H22Cl2N2O. The first-order valence-corrected chi connectivity index (χ1v) is 8.84. The van der Waals surface area contributed by atoms with E-state index in [1.54, 1.807) is 0 Å². The van der Waals surface area contributed by atoms with Crippen molar-refractivity contribution in [1.29, 1.82) is 0 Å². The molecule has 3 nitrogen and oxygen atoms in total. The Kier molecular flexibility index (Phi) is 5.27. The number of piperidine rings is 1. The van der Waals surface area contributed by atoms with E-state index >= 15 is 0 Å². The highest BCUT2D eigenvalue weighted by molar-refractivity contribution is 6.42. The molecule has 1 saturated heterocycles. The Morgan fingerprint density at radius 1 is 1.14 bits per heavy atom. The van der Waals surface area contributed by atoms with Gasteiger partial charge in [0.05, 0.1) is 10.0 Å². The number of hydrogen-bond acceptors (Lipinski definition) is 2. The minimum atomic E-state index is 0.186. The van der Waals surface area contributed by atoms with Crippen molar-refractivity contribution in [3.63, 3.8) is 0 Å². The van der Waals surface area contributed by atoms with E-state index in [2.05, 4.69) is 10.2 Å². The van der Waals surface area contributed by atoms with Crippen molar-refractivity contribution in [3.05, 3.63) is 33.8 Å². The Bertz CT molecular complexity index is 537. The number of nitrogens with zero attached hydrogens (tertiary/aromatic N) is 1. The molecule has 1 saturated carbocycles. The summed E-state index contributed by atoms with van der Waals surface area (Å²) in [6.07, 6.45) is 5.45. The van der Waals surface area contributed by atoms with Crippen LogP contribution in [0.1, 0.15) is 37.7 Å². The molecule has 1 N–H and O–H groups in total. The number of amides is 1. The highest BCUT2D eigenvalue weighted by Gasteiger charge is 2.28. The third-order valence-electron chi connectivity index (χ3n) is 4.80. The van der Waals surface area contributed by atoms with Gasteiger partial charge in [-0.1, -0.05) is 29.3 Å². The highest BCUT2D eigenvalue weighted by atomic mass is 35.5. The molecule has 22 heavy (non-hydrogen) atoms. The van der Waals surface area contributed by atoms with Crippen LogP contribution in [0.2, 0.25) is 10.0 Å². The second-order valence-electron chi connectivity index (χ2n) is 6.44. The number of hydrogen-bond donors (Lipinski definition) is 1. The third-order valence-corrected chi connectivity index (χ3v) is 5.54. The van der Waals surface area contributed by atoms with Crippen molar-refractivity contribution < 1.29 is 4.79 Å². The van der Waals surface area contributed by atoms with Crippen molar-refractivity contribution in [2.45, 2.75) is 44.7 Å². The van der Waals surface area contributed by atoms with Crippen LogP contribution in [-0.2, 0) is 11.3 Å². The summed E-state index contributed by atoms with van der Waals surface area (Å²) in [6, 6.07) is 6.24. The van der Waals surface area contributed by atoms with E-state index in [0.717, 1.165) is 45.3 Å². The zero-order valence-corrected chi connectivity index (χ0v) is 14.2. The highest BCUT2D eigenvalue weighted by Crippen LogP contribution is 2.25. The smallest absolute Gasteiger partial charge is 0.223 e. The summed E-state index contributed by atoms with van der Waals surface area (Å²) in [4.78, 5) is 14.6. The molecule has 0 unspecified atom stereocenters. The standard InChI is InChI=1S/C17H22Cl2N2O/c18-15-5-4-12(10-16(15)19)11-21-8-6-13(7-9-21)17(22)20-14-2-1-3-14/h4-5,10,13-14H,1-3,6-9,11H2,(H,20,22). The molecule has 1 aromatic carbocycles. The van der Waals surface area contributed by atoms with Gasteiger partial charge in [-0.15, -0.1) is 0 Å². The number of carbonyl (C=O) groups excluding carboxylic acids is 1. The summed E-state index contributed by atoms with van der Waals surface area (Å²) in [7, 11) is 0. The van der Waals surface area contributed by atoms with Crippen molar-refractivity contribution >= 4 is 29.1 Å². The molecule has 5 heteroatoms. The fraction of sp³-hybridized carbons (Fsp3) is 0.588. The molecule has 0 bridgehead atoms. The van der Waals surface area contributed by atoms with E-state index in [-0.39, 0.29) is 11.8 Å². The third kappa shape index (κ3) is 3.95. The Balaban J connectivity index is 1.46. The van der Waals surface area contributed by atoms with Crippen LogP contribution in [0.25, 0.3) is 0 Å². The zero-order valence-electron chi connectivity index (χ0n) is 12.7. The van der Waals surface area contributed by atoms with E-state index in [4.69, 9.17) is 23.2 Å². The first-order valence-electron chi connectivity index (χ1n) is 8.08. The van der Waals surface area contributed by atoms with Gasteiger partial charge in [-0.3, -0.25) is 9.69 Å². The fourth-order valence-electron chi connectivity index (χ4n) is 3.12. The van der Waals surface area contributed by atoms with Crippen LogP contribution in [0.4, 0.5) is 0 Å². The minimum absolute atomic E-state index is 0.186. The van der Waals surface area contributed by atoms with Gasteiger partial charge in [-0.25, -0.2) is 0 Å². The lowest BCUT2D eigenvalue weighted by Gasteiger charge is -2.33. The van der Waals surface area contributed by atoms with E-state index in [0.29, 0.717) is 16.1 Å². The molecule has 1 aliphatic heterocycles. The number of carbonyl (C=O) groups is 1. The topological polar surface area (TPSA) is 32.3 Å².